The molecule has 0 radical (unpaired) electrons. The smallest absolute Gasteiger partial charge is 0.337 e. The van der Waals surface area contributed by atoms with Gasteiger partial charge in [-0.2, -0.15) is 0 Å². The lowest BCUT2D eigenvalue weighted by molar-refractivity contribution is 0.0698. The van der Waals surface area contributed by atoms with Gasteiger partial charge in [0.1, 0.15) is 0 Å². The Balaban J connectivity index is 1.96. The number of nitrogens with one attached hydrogen (secondary N) is 1. The Morgan fingerprint density at radius 2 is 1.55 bits per heavy atom. The van der Waals surface area contributed by atoms with E-state index in [0.717, 1.165) is 5.56 Å². The van der Waals surface area contributed by atoms with Crippen LogP contribution in [0.1, 0.15) is 47.1 Å². The molecule has 3 rings (SSSR count). The number of halogens is 1. The van der Waals surface area contributed by atoms with E-state index in [1.165, 1.54) is 26.4 Å². The van der Waals surface area contributed by atoms with E-state index in [1.54, 1.807) is 30.3 Å². The zero-order chi connectivity index (χ0) is 24.3. The SMILES string of the molecule is COc1ccc(-c2cc(C(=O)O)c(NC(=O)c3ccc(C(C)(C)C)cc3)cc2Cl)cc1OC. The van der Waals surface area contributed by atoms with E-state index in [1.807, 2.05) is 12.1 Å². The molecule has 0 bridgehead atoms. The second-order valence-corrected chi connectivity index (χ2v) is 8.94. The molecule has 0 saturated heterocycles. The number of hydrogen-bond acceptors (Lipinski definition) is 4. The van der Waals surface area contributed by atoms with Crippen LogP contribution in [0, 0.1) is 0 Å². The highest BCUT2D eigenvalue weighted by Crippen LogP contribution is 2.38. The van der Waals surface area contributed by atoms with E-state index >= 15 is 0 Å². The summed E-state index contributed by atoms with van der Waals surface area (Å²) in [5.41, 5.74) is 2.63. The van der Waals surface area contributed by atoms with Crippen LogP contribution in [0.4, 0.5) is 5.69 Å². The summed E-state index contributed by atoms with van der Waals surface area (Å²) in [6.45, 7) is 6.26. The maximum absolute atomic E-state index is 12.8. The molecular formula is C26H26ClNO5. The van der Waals surface area contributed by atoms with Crippen LogP contribution in [0.3, 0.4) is 0 Å². The van der Waals surface area contributed by atoms with Crippen molar-refractivity contribution in [3.8, 4) is 22.6 Å². The third-order valence-corrected chi connectivity index (χ3v) is 5.61. The van der Waals surface area contributed by atoms with E-state index in [2.05, 4.69) is 26.1 Å². The zero-order valence-electron chi connectivity index (χ0n) is 19.2. The molecule has 3 aromatic carbocycles. The second kappa shape index (κ2) is 9.55. The van der Waals surface area contributed by atoms with Crippen molar-refractivity contribution in [3.05, 3.63) is 76.3 Å². The lowest BCUT2D eigenvalue weighted by Crippen LogP contribution is -2.16. The van der Waals surface area contributed by atoms with Gasteiger partial charge in [-0.05, 0) is 52.9 Å². The average molecular weight is 468 g/mol. The molecule has 7 heteroatoms. The fraction of sp³-hybridized carbons (Fsp3) is 0.231. The summed E-state index contributed by atoms with van der Waals surface area (Å²) in [5, 5.41) is 12.7. The number of hydrogen-bond donors (Lipinski definition) is 2. The summed E-state index contributed by atoms with van der Waals surface area (Å²) in [6.07, 6.45) is 0. The summed E-state index contributed by atoms with van der Waals surface area (Å²) in [7, 11) is 3.04. The van der Waals surface area contributed by atoms with E-state index in [0.29, 0.717) is 28.2 Å². The molecule has 0 aromatic heterocycles. The molecule has 0 aliphatic heterocycles. The molecule has 172 valence electrons. The van der Waals surface area contributed by atoms with Crippen molar-refractivity contribution >= 4 is 29.2 Å². The largest absolute Gasteiger partial charge is 0.493 e. The minimum absolute atomic E-state index is 0.0427. The Labute approximate surface area is 198 Å². The summed E-state index contributed by atoms with van der Waals surface area (Å²) in [6, 6.07) is 15.3. The first kappa shape index (κ1) is 24.1. The topological polar surface area (TPSA) is 84.9 Å². The van der Waals surface area contributed by atoms with E-state index in [-0.39, 0.29) is 21.7 Å². The highest BCUT2D eigenvalue weighted by atomic mass is 35.5. The lowest BCUT2D eigenvalue weighted by atomic mass is 9.86. The van der Waals surface area contributed by atoms with Crippen molar-refractivity contribution in [1.82, 2.24) is 0 Å². The fourth-order valence-corrected chi connectivity index (χ4v) is 3.67. The van der Waals surface area contributed by atoms with Crippen molar-refractivity contribution in [3.63, 3.8) is 0 Å². The Morgan fingerprint density at radius 1 is 0.909 bits per heavy atom. The van der Waals surface area contributed by atoms with Crippen molar-refractivity contribution in [1.29, 1.82) is 0 Å². The predicted octanol–water partition coefficient (Wildman–Crippen LogP) is 6.27. The molecule has 3 aromatic rings. The van der Waals surface area contributed by atoms with Gasteiger partial charge in [-0.15, -0.1) is 0 Å². The monoisotopic (exact) mass is 467 g/mol. The van der Waals surface area contributed by atoms with Crippen LogP contribution >= 0.6 is 11.6 Å². The van der Waals surface area contributed by atoms with E-state index in [4.69, 9.17) is 21.1 Å². The number of methoxy groups -OCH3 is 2. The Bertz CT molecular complexity index is 1200. The van der Waals surface area contributed by atoms with E-state index < -0.39 is 11.9 Å². The first-order valence-corrected chi connectivity index (χ1v) is 10.6. The number of ether oxygens (including phenoxy) is 2. The summed E-state index contributed by atoms with van der Waals surface area (Å²) in [5.74, 6) is -0.587. The van der Waals surface area contributed by atoms with Gasteiger partial charge in [0.05, 0.1) is 30.5 Å². The van der Waals surface area contributed by atoms with Gasteiger partial charge in [-0.1, -0.05) is 50.6 Å². The van der Waals surface area contributed by atoms with Crippen LogP contribution in [0.2, 0.25) is 5.02 Å². The molecule has 33 heavy (non-hydrogen) atoms. The molecular weight excluding hydrogens is 442 g/mol. The number of benzene rings is 3. The minimum Gasteiger partial charge on any atom is -0.493 e. The molecule has 1 amide bonds. The van der Waals surface area contributed by atoms with Crippen molar-refractivity contribution < 1.29 is 24.2 Å². The lowest BCUT2D eigenvalue weighted by Gasteiger charge is -2.19. The summed E-state index contributed by atoms with van der Waals surface area (Å²) < 4.78 is 10.6. The van der Waals surface area contributed by atoms with Crippen LogP contribution in [0.25, 0.3) is 11.1 Å². The number of carbonyl (C=O) groups excluding carboxylic acids is 1. The highest BCUT2D eigenvalue weighted by molar-refractivity contribution is 6.34. The number of carboxylic acid groups (broad SMARTS) is 1. The van der Waals surface area contributed by atoms with Gasteiger partial charge >= 0.3 is 5.97 Å². The summed E-state index contributed by atoms with van der Waals surface area (Å²) in [4.78, 5) is 24.8. The predicted molar refractivity (Wildman–Crippen MR) is 130 cm³/mol. The first-order valence-electron chi connectivity index (χ1n) is 10.3. The first-order chi connectivity index (χ1) is 15.5. The standard InChI is InChI=1S/C26H26ClNO5/c1-26(2,3)17-9-6-15(7-10-17)24(29)28-21-14-20(27)18(13-19(21)25(30)31)16-8-11-22(32-4)23(12-16)33-5/h6-14H,1-5H3,(H,28,29)(H,30,31). The van der Waals surface area contributed by atoms with Gasteiger partial charge in [0.15, 0.2) is 11.5 Å². The molecule has 2 N–H and O–H groups in total. The molecule has 0 unspecified atom stereocenters. The molecule has 0 heterocycles. The molecule has 0 saturated carbocycles. The number of rotatable bonds is 6. The fourth-order valence-electron chi connectivity index (χ4n) is 3.39. The minimum atomic E-state index is -1.19. The van der Waals surface area contributed by atoms with Gasteiger partial charge in [-0.3, -0.25) is 4.79 Å². The van der Waals surface area contributed by atoms with Gasteiger partial charge in [-0.25, -0.2) is 4.79 Å². The van der Waals surface area contributed by atoms with Crippen LogP contribution in [0.5, 0.6) is 11.5 Å². The van der Waals surface area contributed by atoms with Gasteiger partial charge in [0, 0.05) is 11.1 Å². The summed E-state index contributed by atoms with van der Waals surface area (Å²) >= 11 is 6.49. The van der Waals surface area contributed by atoms with Crippen molar-refractivity contribution in [2.75, 3.05) is 19.5 Å². The van der Waals surface area contributed by atoms with E-state index in [9.17, 15) is 14.7 Å². The van der Waals surface area contributed by atoms with Gasteiger partial charge < -0.3 is 19.9 Å². The van der Waals surface area contributed by atoms with Crippen molar-refractivity contribution in [2.24, 2.45) is 0 Å². The van der Waals surface area contributed by atoms with Gasteiger partial charge in [0.25, 0.3) is 5.91 Å². The van der Waals surface area contributed by atoms with Crippen LogP contribution in [-0.4, -0.2) is 31.2 Å². The number of aromatic carboxylic acids is 1. The maximum Gasteiger partial charge on any atom is 0.337 e. The molecule has 0 aliphatic rings. The van der Waals surface area contributed by atoms with Crippen LogP contribution in [0.15, 0.2) is 54.6 Å². The molecule has 0 spiro atoms. The van der Waals surface area contributed by atoms with Crippen LogP contribution in [-0.2, 0) is 5.41 Å². The Kier molecular flexibility index (Phi) is 6.98. The third-order valence-electron chi connectivity index (χ3n) is 5.29. The average Bonchev–Trinajstić information content (AvgIpc) is 2.78. The Hall–Kier alpha value is -3.51. The zero-order valence-corrected chi connectivity index (χ0v) is 19.9. The number of anilines is 1. The molecule has 6 nitrogen and oxygen atoms in total. The highest BCUT2D eigenvalue weighted by Gasteiger charge is 2.19. The number of carboxylic acids is 1. The molecule has 0 atom stereocenters. The van der Waals surface area contributed by atoms with Crippen molar-refractivity contribution in [2.45, 2.75) is 26.2 Å². The second-order valence-electron chi connectivity index (χ2n) is 8.53. The normalized spacial score (nSPS) is 11.1. The van der Waals surface area contributed by atoms with Crippen LogP contribution < -0.4 is 14.8 Å². The maximum atomic E-state index is 12.8. The quantitative estimate of drug-likeness (QED) is 0.446. The molecule has 0 fully saturated rings. The number of amides is 1. The number of carbonyl (C=O) groups is 2. The van der Waals surface area contributed by atoms with Gasteiger partial charge in [0.2, 0.25) is 0 Å². The third kappa shape index (κ3) is 5.29. The Morgan fingerprint density at radius 3 is 2.09 bits per heavy atom. The molecule has 0 aliphatic carbocycles.